The Labute approximate surface area is 87.5 Å². The van der Waals surface area contributed by atoms with Crippen molar-refractivity contribution in [3.8, 4) is 0 Å². The summed E-state index contributed by atoms with van der Waals surface area (Å²) in [6, 6.07) is 0. The molecule has 0 radical (unpaired) electrons. The predicted molar refractivity (Wildman–Crippen MR) is 54.4 cm³/mol. The zero-order chi connectivity index (χ0) is 11.1. The van der Waals surface area contributed by atoms with Gasteiger partial charge in [-0.3, -0.25) is 4.79 Å². The van der Waals surface area contributed by atoms with Crippen LogP contribution in [0.4, 0.5) is 0 Å². The molecule has 2 N–H and O–H groups in total. The molecule has 1 amide bonds. The first-order chi connectivity index (χ1) is 7.00. The monoisotopic (exact) mass is 229 g/mol. The highest BCUT2D eigenvalue weighted by Gasteiger charge is 2.29. The fourth-order valence-corrected chi connectivity index (χ4v) is 2.36. The Kier molecular flexibility index (Phi) is 2.26. The Bertz CT molecular complexity index is 458. The van der Waals surface area contributed by atoms with Crippen molar-refractivity contribution in [2.45, 2.75) is 12.8 Å². The molecule has 0 unspecified atom stereocenters. The molecule has 0 aromatic heterocycles. The van der Waals surface area contributed by atoms with Gasteiger partial charge in [-0.1, -0.05) is 0 Å². The standard InChI is InChI=1S/C8H11N3O3S/c9-7-5-6(10-15(7,13)14)8(12)11-3-1-2-4-11/h5H,1-4,9H2. The highest BCUT2D eigenvalue weighted by atomic mass is 32.2. The lowest BCUT2D eigenvalue weighted by Crippen LogP contribution is -2.32. The molecule has 0 spiro atoms. The molecule has 82 valence electrons. The number of carbonyl (C=O) groups is 1. The first-order valence-corrected chi connectivity index (χ1v) is 6.06. The van der Waals surface area contributed by atoms with E-state index in [4.69, 9.17) is 5.73 Å². The highest BCUT2D eigenvalue weighted by Crippen LogP contribution is 2.15. The summed E-state index contributed by atoms with van der Waals surface area (Å²) < 4.78 is 25.6. The van der Waals surface area contributed by atoms with Crippen LogP contribution in [0.5, 0.6) is 0 Å². The highest BCUT2D eigenvalue weighted by molar-refractivity contribution is 7.94. The fraction of sp³-hybridized carbons (Fsp3) is 0.500. The van der Waals surface area contributed by atoms with E-state index in [0.29, 0.717) is 13.1 Å². The minimum atomic E-state index is -3.77. The van der Waals surface area contributed by atoms with Gasteiger partial charge in [0.15, 0.2) is 5.03 Å². The molecule has 2 heterocycles. The molecule has 0 atom stereocenters. The third-order valence-corrected chi connectivity index (χ3v) is 3.56. The molecule has 0 aliphatic carbocycles. The molecule has 0 aromatic carbocycles. The number of hydrogen-bond acceptors (Lipinski definition) is 4. The van der Waals surface area contributed by atoms with Gasteiger partial charge in [0.25, 0.3) is 15.9 Å². The normalized spacial score (nSPS) is 23.9. The second-order valence-electron chi connectivity index (χ2n) is 3.50. The third kappa shape index (κ3) is 1.74. The minimum Gasteiger partial charge on any atom is -0.388 e. The van der Waals surface area contributed by atoms with Crippen LogP contribution in [0, 0.1) is 0 Å². The number of nitrogens with two attached hydrogens (primary N) is 1. The lowest BCUT2D eigenvalue weighted by molar-refractivity contribution is -0.122. The van der Waals surface area contributed by atoms with Gasteiger partial charge >= 0.3 is 0 Å². The topological polar surface area (TPSA) is 92.8 Å². The van der Waals surface area contributed by atoms with Crippen molar-refractivity contribution in [1.82, 2.24) is 4.90 Å². The van der Waals surface area contributed by atoms with Gasteiger partial charge in [-0.05, 0) is 12.8 Å². The summed E-state index contributed by atoms with van der Waals surface area (Å²) in [5.74, 6) is -0.350. The summed E-state index contributed by atoms with van der Waals surface area (Å²) in [4.78, 5) is 13.3. The van der Waals surface area contributed by atoms with Crippen molar-refractivity contribution in [2.75, 3.05) is 13.1 Å². The van der Waals surface area contributed by atoms with E-state index in [-0.39, 0.29) is 16.6 Å². The van der Waals surface area contributed by atoms with Gasteiger partial charge in [-0.25, -0.2) is 0 Å². The summed E-state index contributed by atoms with van der Waals surface area (Å²) >= 11 is 0. The van der Waals surface area contributed by atoms with E-state index < -0.39 is 10.0 Å². The zero-order valence-corrected chi connectivity index (χ0v) is 8.83. The number of likely N-dealkylation sites (tertiary alicyclic amines) is 1. The van der Waals surface area contributed by atoms with E-state index in [1.165, 1.54) is 0 Å². The van der Waals surface area contributed by atoms with E-state index in [1.54, 1.807) is 4.90 Å². The SMILES string of the molecule is NC1=CC(C(=O)N2CCCC2)=NS1(=O)=O. The number of amides is 1. The molecule has 0 bridgehead atoms. The molecule has 6 nitrogen and oxygen atoms in total. The van der Waals surface area contributed by atoms with Gasteiger partial charge in [0.1, 0.15) is 5.71 Å². The molecule has 0 aromatic rings. The second kappa shape index (κ2) is 3.34. The van der Waals surface area contributed by atoms with Gasteiger partial charge in [0, 0.05) is 19.2 Å². The lowest BCUT2D eigenvalue weighted by Gasteiger charge is -2.13. The van der Waals surface area contributed by atoms with Gasteiger partial charge in [-0.2, -0.15) is 12.8 Å². The van der Waals surface area contributed by atoms with Crippen LogP contribution in [0.2, 0.25) is 0 Å². The average Bonchev–Trinajstić information content (AvgIpc) is 2.74. The van der Waals surface area contributed by atoms with Crippen molar-refractivity contribution in [3.05, 3.63) is 11.1 Å². The summed E-state index contributed by atoms with van der Waals surface area (Å²) in [5.41, 5.74) is 5.15. The molecule has 0 saturated carbocycles. The summed E-state index contributed by atoms with van der Waals surface area (Å²) in [6.07, 6.45) is 3.02. The number of sulfonamides is 1. The van der Waals surface area contributed by atoms with E-state index in [0.717, 1.165) is 18.9 Å². The first kappa shape index (κ1) is 10.2. The zero-order valence-electron chi connectivity index (χ0n) is 8.01. The largest absolute Gasteiger partial charge is 0.388 e. The predicted octanol–water partition coefficient (Wildman–Crippen LogP) is -0.807. The van der Waals surface area contributed by atoms with Gasteiger partial charge in [-0.15, -0.1) is 0 Å². The Hall–Kier alpha value is -1.37. The van der Waals surface area contributed by atoms with Crippen LogP contribution in [0.15, 0.2) is 15.5 Å². The van der Waals surface area contributed by atoms with Gasteiger partial charge in [0.2, 0.25) is 0 Å². The van der Waals surface area contributed by atoms with E-state index >= 15 is 0 Å². The van der Waals surface area contributed by atoms with Crippen molar-refractivity contribution in [2.24, 2.45) is 10.1 Å². The van der Waals surface area contributed by atoms with Crippen LogP contribution >= 0.6 is 0 Å². The van der Waals surface area contributed by atoms with Crippen LogP contribution in [0.3, 0.4) is 0 Å². The number of carbonyl (C=O) groups excluding carboxylic acids is 1. The van der Waals surface area contributed by atoms with E-state index in [2.05, 4.69) is 4.40 Å². The maximum absolute atomic E-state index is 11.7. The molecule has 7 heteroatoms. The molecular weight excluding hydrogens is 218 g/mol. The van der Waals surface area contributed by atoms with E-state index in [9.17, 15) is 13.2 Å². The van der Waals surface area contributed by atoms with Crippen molar-refractivity contribution in [3.63, 3.8) is 0 Å². The van der Waals surface area contributed by atoms with Gasteiger partial charge in [0.05, 0.1) is 0 Å². The van der Waals surface area contributed by atoms with Crippen LogP contribution in [-0.2, 0) is 14.8 Å². The van der Waals surface area contributed by atoms with Gasteiger partial charge < -0.3 is 10.6 Å². The summed E-state index contributed by atoms with van der Waals surface area (Å²) in [6.45, 7) is 1.32. The summed E-state index contributed by atoms with van der Waals surface area (Å²) in [5, 5.41) is -0.356. The average molecular weight is 229 g/mol. The Balaban J connectivity index is 2.24. The molecule has 1 saturated heterocycles. The molecule has 15 heavy (non-hydrogen) atoms. The maximum Gasteiger partial charge on any atom is 0.298 e. The molecule has 2 rings (SSSR count). The van der Waals surface area contributed by atoms with Crippen LogP contribution in [0.1, 0.15) is 12.8 Å². The smallest absolute Gasteiger partial charge is 0.298 e. The van der Waals surface area contributed by atoms with Crippen molar-refractivity contribution in [1.29, 1.82) is 0 Å². The minimum absolute atomic E-state index is 0.0746. The quantitative estimate of drug-likeness (QED) is 0.636. The third-order valence-electron chi connectivity index (χ3n) is 2.41. The lowest BCUT2D eigenvalue weighted by atomic mass is 10.3. The van der Waals surface area contributed by atoms with Crippen LogP contribution in [0.25, 0.3) is 0 Å². The van der Waals surface area contributed by atoms with E-state index in [1.807, 2.05) is 0 Å². The Morgan fingerprint density at radius 1 is 1.40 bits per heavy atom. The molecule has 1 fully saturated rings. The van der Waals surface area contributed by atoms with Crippen LogP contribution < -0.4 is 5.73 Å². The maximum atomic E-state index is 11.7. The number of rotatable bonds is 1. The van der Waals surface area contributed by atoms with Crippen molar-refractivity contribution < 1.29 is 13.2 Å². The summed E-state index contributed by atoms with van der Waals surface area (Å²) in [7, 11) is -3.77. The number of hydrogen-bond donors (Lipinski definition) is 1. The number of nitrogens with zero attached hydrogens (tertiary/aromatic N) is 2. The Morgan fingerprint density at radius 3 is 2.47 bits per heavy atom. The first-order valence-electron chi connectivity index (χ1n) is 4.62. The second-order valence-corrected chi connectivity index (χ2v) is 5.10. The molecule has 2 aliphatic rings. The fourth-order valence-electron chi connectivity index (χ4n) is 1.60. The van der Waals surface area contributed by atoms with Crippen molar-refractivity contribution >= 4 is 21.6 Å². The molecular formula is C8H11N3O3S. The molecule has 2 aliphatic heterocycles. The Morgan fingerprint density at radius 2 is 2.00 bits per heavy atom. The van der Waals surface area contributed by atoms with Crippen LogP contribution in [-0.4, -0.2) is 38.0 Å².